The molecule has 9 heteroatoms. The first kappa shape index (κ1) is 19.2. The Labute approximate surface area is 151 Å². The van der Waals surface area contributed by atoms with Crippen LogP contribution in [0.4, 0.5) is 10.8 Å². The summed E-state index contributed by atoms with van der Waals surface area (Å²) in [6.07, 6.45) is -0.367. The second-order valence-electron chi connectivity index (χ2n) is 6.64. The molecular formula is C17H23N5O4. The molecule has 1 heterocycles. The van der Waals surface area contributed by atoms with E-state index in [4.69, 9.17) is 14.9 Å². The van der Waals surface area contributed by atoms with E-state index in [2.05, 4.69) is 20.8 Å². The van der Waals surface area contributed by atoms with Crippen molar-refractivity contribution in [3.63, 3.8) is 0 Å². The highest BCUT2D eigenvalue weighted by Crippen LogP contribution is 2.09. The van der Waals surface area contributed by atoms with Gasteiger partial charge in [-0.3, -0.25) is 4.79 Å². The van der Waals surface area contributed by atoms with E-state index >= 15 is 0 Å². The highest BCUT2D eigenvalue weighted by molar-refractivity contribution is 5.85. The van der Waals surface area contributed by atoms with Crippen molar-refractivity contribution >= 4 is 18.0 Å². The third-order valence-corrected chi connectivity index (χ3v) is 3.19. The largest absolute Gasteiger partial charge is 0.444 e. The van der Waals surface area contributed by atoms with Crippen LogP contribution in [0, 0.1) is 0 Å². The zero-order valence-corrected chi connectivity index (χ0v) is 15.0. The molecule has 0 bridgehead atoms. The molecule has 9 nitrogen and oxygen atoms in total. The molecule has 4 N–H and O–H groups in total. The first-order chi connectivity index (χ1) is 12.2. The maximum Gasteiger partial charge on any atom is 0.408 e. The fourth-order valence-electron chi connectivity index (χ4n) is 2.13. The normalized spacial score (nSPS) is 12.3. The van der Waals surface area contributed by atoms with E-state index in [9.17, 15) is 9.59 Å². The highest BCUT2D eigenvalue weighted by Gasteiger charge is 2.25. The Kier molecular flexibility index (Phi) is 6.16. The molecule has 0 aliphatic heterocycles. The van der Waals surface area contributed by atoms with E-state index in [1.165, 1.54) is 0 Å². The Balaban J connectivity index is 2.03. The molecule has 0 spiro atoms. The van der Waals surface area contributed by atoms with Crippen LogP contribution in [0.5, 0.6) is 0 Å². The van der Waals surface area contributed by atoms with Gasteiger partial charge >= 0.3 is 12.1 Å². The number of hydrogen-bond donors (Lipinski definition) is 3. The van der Waals surface area contributed by atoms with Gasteiger partial charge in [0.15, 0.2) is 0 Å². The number of amides is 2. The summed E-state index contributed by atoms with van der Waals surface area (Å²) in [5.74, 6) is -0.233. The van der Waals surface area contributed by atoms with Gasteiger partial charge < -0.3 is 25.5 Å². The average molecular weight is 361 g/mol. The highest BCUT2D eigenvalue weighted by atomic mass is 16.6. The first-order valence-electron chi connectivity index (χ1n) is 8.12. The van der Waals surface area contributed by atoms with Crippen LogP contribution in [0.15, 0.2) is 34.7 Å². The molecule has 0 radical (unpaired) electrons. The van der Waals surface area contributed by atoms with Crippen molar-refractivity contribution in [2.45, 2.75) is 45.4 Å². The maximum atomic E-state index is 12.5. The molecule has 0 aliphatic rings. The monoisotopic (exact) mass is 361 g/mol. The fraction of sp³-hybridized carbons (Fsp3) is 0.412. The topological polar surface area (TPSA) is 132 Å². The molecule has 140 valence electrons. The van der Waals surface area contributed by atoms with E-state index < -0.39 is 23.6 Å². The minimum Gasteiger partial charge on any atom is -0.444 e. The summed E-state index contributed by atoms with van der Waals surface area (Å²) in [4.78, 5) is 24.6. The van der Waals surface area contributed by atoms with Crippen molar-refractivity contribution < 1.29 is 18.7 Å². The van der Waals surface area contributed by atoms with Gasteiger partial charge in [-0.05, 0) is 26.3 Å². The van der Waals surface area contributed by atoms with Crippen LogP contribution < -0.4 is 16.4 Å². The zero-order chi connectivity index (χ0) is 19.2. The maximum absolute atomic E-state index is 12.5. The Hall–Kier alpha value is -3.10. The molecule has 1 aromatic carbocycles. The van der Waals surface area contributed by atoms with Gasteiger partial charge in [-0.15, -0.1) is 5.10 Å². The van der Waals surface area contributed by atoms with Crippen molar-refractivity contribution in [3.8, 4) is 0 Å². The van der Waals surface area contributed by atoms with Gasteiger partial charge in [0.25, 0.3) is 0 Å². The van der Waals surface area contributed by atoms with Gasteiger partial charge in [0, 0.05) is 6.42 Å². The van der Waals surface area contributed by atoms with Crippen LogP contribution in [0.1, 0.15) is 32.2 Å². The Morgan fingerprint density at radius 1 is 1.23 bits per heavy atom. The number of nitrogens with one attached hydrogen (secondary N) is 2. The van der Waals surface area contributed by atoms with Crippen LogP contribution in [-0.4, -0.2) is 33.8 Å². The number of carbonyl (C=O) groups excluding carboxylic acids is 2. The Bertz CT molecular complexity index is 739. The molecular weight excluding hydrogens is 338 g/mol. The number of anilines is 1. The number of carbonyl (C=O) groups is 2. The fourth-order valence-corrected chi connectivity index (χ4v) is 2.13. The van der Waals surface area contributed by atoms with E-state index in [1.54, 1.807) is 20.8 Å². The molecule has 1 aromatic heterocycles. The standard InChI is InChI=1S/C17H23N5O4/c1-17(2,3)26-16(24)20-12(9-11-7-5-4-6-8-11)14(23)19-10-13-21-22-15(18)25-13/h4-8,12H,9-10H2,1-3H3,(H2,18,22)(H,19,23)(H,20,24)/t12-/m0/s1. The molecule has 26 heavy (non-hydrogen) atoms. The van der Waals surface area contributed by atoms with Crippen LogP contribution >= 0.6 is 0 Å². The molecule has 0 saturated carbocycles. The summed E-state index contributed by atoms with van der Waals surface area (Å²) in [6, 6.07) is 8.43. The molecule has 1 atom stereocenters. The number of alkyl carbamates (subject to hydrolysis) is 1. The Morgan fingerprint density at radius 2 is 1.92 bits per heavy atom. The van der Waals surface area contributed by atoms with Crippen LogP contribution in [-0.2, 0) is 22.5 Å². The van der Waals surface area contributed by atoms with Gasteiger partial charge in [-0.1, -0.05) is 35.4 Å². The zero-order valence-electron chi connectivity index (χ0n) is 15.0. The smallest absolute Gasteiger partial charge is 0.408 e. The number of ether oxygens (including phenoxy) is 1. The third kappa shape index (κ3) is 6.42. The summed E-state index contributed by atoms with van der Waals surface area (Å²) < 4.78 is 10.2. The summed E-state index contributed by atoms with van der Waals surface area (Å²) in [7, 11) is 0. The van der Waals surface area contributed by atoms with Crippen LogP contribution in [0.3, 0.4) is 0 Å². The van der Waals surface area contributed by atoms with Gasteiger partial charge in [-0.25, -0.2) is 4.79 Å². The number of aromatic nitrogens is 2. The SMILES string of the molecule is CC(C)(C)OC(=O)N[C@@H](Cc1ccccc1)C(=O)NCc1nnc(N)o1. The van der Waals surface area contributed by atoms with Crippen LogP contribution in [0.25, 0.3) is 0 Å². The second kappa shape index (κ2) is 8.32. The molecule has 0 saturated heterocycles. The lowest BCUT2D eigenvalue weighted by atomic mass is 10.1. The van der Waals surface area contributed by atoms with Crippen molar-refractivity contribution in [3.05, 3.63) is 41.8 Å². The minimum absolute atomic E-state index is 0.00429. The molecule has 0 fully saturated rings. The van der Waals surface area contributed by atoms with E-state index in [-0.39, 0.29) is 18.5 Å². The quantitative estimate of drug-likeness (QED) is 0.708. The van der Waals surface area contributed by atoms with Gasteiger partial charge in [-0.2, -0.15) is 0 Å². The van der Waals surface area contributed by atoms with Crippen molar-refractivity contribution in [2.24, 2.45) is 0 Å². The molecule has 2 amide bonds. The summed E-state index contributed by atoms with van der Waals surface area (Å²) >= 11 is 0. The molecule has 2 aromatic rings. The van der Waals surface area contributed by atoms with Crippen molar-refractivity contribution in [2.75, 3.05) is 5.73 Å². The van der Waals surface area contributed by atoms with Crippen LogP contribution in [0.2, 0.25) is 0 Å². The lowest BCUT2D eigenvalue weighted by Crippen LogP contribution is -2.49. The average Bonchev–Trinajstić information content (AvgIpc) is 2.96. The number of nitrogen functional groups attached to an aromatic ring is 1. The minimum atomic E-state index is -0.826. The number of nitrogens with two attached hydrogens (primary N) is 1. The number of nitrogens with zero attached hydrogens (tertiary/aromatic N) is 2. The van der Waals surface area contributed by atoms with E-state index in [0.717, 1.165) is 5.56 Å². The van der Waals surface area contributed by atoms with E-state index in [0.29, 0.717) is 6.42 Å². The number of rotatable bonds is 6. The van der Waals surface area contributed by atoms with Crippen molar-refractivity contribution in [1.82, 2.24) is 20.8 Å². The summed E-state index contributed by atoms with van der Waals surface area (Å²) in [5.41, 5.74) is 5.57. The number of hydrogen-bond acceptors (Lipinski definition) is 7. The molecule has 2 rings (SSSR count). The summed E-state index contributed by atoms with van der Waals surface area (Å²) in [6.45, 7) is 5.25. The molecule has 0 unspecified atom stereocenters. The van der Waals surface area contributed by atoms with E-state index in [1.807, 2.05) is 30.3 Å². The van der Waals surface area contributed by atoms with Gasteiger partial charge in [0.05, 0.1) is 6.54 Å². The predicted molar refractivity (Wildman–Crippen MR) is 93.9 cm³/mol. The van der Waals surface area contributed by atoms with Crippen molar-refractivity contribution in [1.29, 1.82) is 0 Å². The first-order valence-corrected chi connectivity index (χ1v) is 8.12. The second-order valence-corrected chi connectivity index (χ2v) is 6.64. The third-order valence-electron chi connectivity index (χ3n) is 3.19. The van der Waals surface area contributed by atoms with Gasteiger partial charge in [0.2, 0.25) is 11.8 Å². The van der Waals surface area contributed by atoms with Gasteiger partial charge in [0.1, 0.15) is 11.6 Å². The Morgan fingerprint density at radius 3 is 2.50 bits per heavy atom. The lowest BCUT2D eigenvalue weighted by Gasteiger charge is -2.23. The number of benzene rings is 1. The summed E-state index contributed by atoms with van der Waals surface area (Å²) in [5, 5.41) is 12.4. The lowest BCUT2D eigenvalue weighted by molar-refractivity contribution is -0.123. The molecule has 0 aliphatic carbocycles. The predicted octanol–water partition coefficient (Wildman–Crippen LogP) is 1.40.